The van der Waals surface area contributed by atoms with Crippen LogP contribution in [0.2, 0.25) is 0 Å². The number of H-pyrrole nitrogens is 1. The molecule has 1 amide bonds. The molecular weight excluding hydrogens is 452 g/mol. The molecule has 0 saturated heterocycles. The number of nitrogens with zero attached hydrogens (tertiary/aromatic N) is 2. The highest BCUT2D eigenvalue weighted by Gasteiger charge is 2.32. The second kappa shape index (κ2) is 10.9. The monoisotopic (exact) mass is 482 g/mol. The Morgan fingerprint density at radius 2 is 1.36 bits per heavy atom. The van der Waals surface area contributed by atoms with Gasteiger partial charge >= 0.3 is 5.69 Å². The van der Waals surface area contributed by atoms with Gasteiger partial charge in [0.2, 0.25) is 5.91 Å². The van der Waals surface area contributed by atoms with E-state index in [4.69, 9.17) is 5.73 Å². The van der Waals surface area contributed by atoms with Gasteiger partial charge in [-0.05, 0) is 22.6 Å². The summed E-state index contributed by atoms with van der Waals surface area (Å²) in [6.45, 7) is 4.35. The minimum Gasteiger partial charge on any atom is -0.383 e. The molecule has 1 aromatic heterocycles. The van der Waals surface area contributed by atoms with E-state index in [0.717, 1.165) is 16.7 Å². The first-order valence-corrected chi connectivity index (χ1v) is 11.9. The maximum atomic E-state index is 14.3. The van der Waals surface area contributed by atoms with Gasteiger partial charge in [-0.25, -0.2) is 4.79 Å². The zero-order chi connectivity index (χ0) is 25.7. The van der Waals surface area contributed by atoms with Crippen LogP contribution in [0.5, 0.6) is 0 Å². The number of hydrogen-bond donors (Lipinski definition) is 2. The third-order valence-corrected chi connectivity index (χ3v) is 5.99. The average Bonchev–Trinajstić information content (AvgIpc) is 2.87. The van der Waals surface area contributed by atoms with E-state index in [1.165, 1.54) is 9.47 Å². The number of amides is 1. The van der Waals surface area contributed by atoms with Gasteiger partial charge in [-0.3, -0.25) is 19.1 Å². The first-order valence-electron chi connectivity index (χ1n) is 11.9. The van der Waals surface area contributed by atoms with Gasteiger partial charge in [0.05, 0.1) is 12.5 Å². The molecule has 1 heterocycles. The van der Waals surface area contributed by atoms with Crippen LogP contribution in [0, 0.1) is 5.92 Å². The number of benzene rings is 3. The summed E-state index contributed by atoms with van der Waals surface area (Å²) in [4.78, 5) is 44.0. The molecule has 0 unspecified atom stereocenters. The van der Waals surface area contributed by atoms with Gasteiger partial charge in [0.15, 0.2) is 5.69 Å². The lowest BCUT2D eigenvalue weighted by Crippen LogP contribution is -2.44. The molecule has 184 valence electrons. The highest BCUT2D eigenvalue weighted by molar-refractivity contribution is 6.01. The fourth-order valence-electron chi connectivity index (χ4n) is 4.34. The fourth-order valence-corrected chi connectivity index (χ4v) is 4.34. The van der Waals surface area contributed by atoms with Gasteiger partial charge in [-0.15, -0.1) is 0 Å². The Morgan fingerprint density at radius 1 is 0.861 bits per heavy atom. The first-order chi connectivity index (χ1) is 17.4. The molecule has 0 atom stereocenters. The third-order valence-electron chi connectivity index (χ3n) is 5.99. The molecule has 0 fully saturated rings. The van der Waals surface area contributed by atoms with Crippen molar-refractivity contribution in [2.24, 2.45) is 5.92 Å². The summed E-state index contributed by atoms with van der Waals surface area (Å²) in [5, 5.41) is 0. The van der Waals surface area contributed by atoms with Crippen molar-refractivity contribution >= 4 is 17.4 Å². The normalized spacial score (nSPS) is 11.1. The van der Waals surface area contributed by atoms with Gasteiger partial charge in [0.1, 0.15) is 5.82 Å². The molecule has 4 rings (SSSR count). The van der Waals surface area contributed by atoms with Crippen molar-refractivity contribution in [3.63, 3.8) is 0 Å². The maximum absolute atomic E-state index is 14.3. The van der Waals surface area contributed by atoms with Crippen molar-refractivity contribution in [1.29, 1.82) is 0 Å². The van der Waals surface area contributed by atoms with E-state index in [9.17, 15) is 14.4 Å². The van der Waals surface area contributed by atoms with Crippen molar-refractivity contribution in [2.45, 2.75) is 26.3 Å². The van der Waals surface area contributed by atoms with Crippen molar-refractivity contribution in [3.8, 4) is 0 Å². The van der Waals surface area contributed by atoms with E-state index in [2.05, 4.69) is 4.98 Å². The Balaban J connectivity index is 1.87. The summed E-state index contributed by atoms with van der Waals surface area (Å²) in [6.07, 6.45) is 0. The highest BCUT2D eigenvalue weighted by atomic mass is 16.2. The lowest BCUT2D eigenvalue weighted by molar-refractivity contribution is -0.119. The van der Waals surface area contributed by atoms with Gasteiger partial charge in [0.25, 0.3) is 5.56 Å². The number of aromatic amines is 1. The Kier molecular flexibility index (Phi) is 7.49. The predicted octanol–water partition coefficient (Wildman–Crippen LogP) is 3.99. The number of aromatic nitrogens is 2. The van der Waals surface area contributed by atoms with Crippen LogP contribution < -0.4 is 21.9 Å². The van der Waals surface area contributed by atoms with Gasteiger partial charge < -0.3 is 10.6 Å². The lowest BCUT2D eigenvalue weighted by atomic mass is 9.89. The summed E-state index contributed by atoms with van der Waals surface area (Å²) >= 11 is 0. The van der Waals surface area contributed by atoms with Gasteiger partial charge in [-0.2, -0.15) is 0 Å². The number of nitrogens with one attached hydrogen (secondary N) is 1. The summed E-state index contributed by atoms with van der Waals surface area (Å²) < 4.78 is 1.30. The van der Waals surface area contributed by atoms with Crippen LogP contribution >= 0.6 is 0 Å². The van der Waals surface area contributed by atoms with Crippen LogP contribution in [0.3, 0.4) is 0 Å². The van der Waals surface area contributed by atoms with E-state index in [0.29, 0.717) is 0 Å². The minimum absolute atomic E-state index is 0.0129. The van der Waals surface area contributed by atoms with Crippen LogP contribution in [0.15, 0.2) is 101 Å². The van der Waals surface area contributed by atoms with Crippen molar-refractivity contribution in [3.05, 3.63) is 129 Å². The van der Waals surface area contributed by atoms with E-state index < -0.39 is 17.2 Å². The van der Waals surface area contributed by atoms with E-state index in [1.54, 1.807) is 0 Å². The summed E-state index contributed by atoms with van der Waals surface area (Å²) in [5.41, 5.74) is 7.60. The predicted molar refractivity (Wildman–Crippen MR) is 143 cm³/mol. The molecule has 0 aliphatic carbocycles. The standard InChI is InChI=1S/C29H30N4O3/c1-20(2)18-32(28(35)24(22-14-8-4-9-15-22)23-16-10-5-11-17-23)25-26(30)33(29(36)31-27(25)34)19-21-12-6-3-7-13-21/h3-17,20,24H,18-19,30H2,1-2H3,(H,31,34,36). The second-order valence-electron chi connectivity index (χ2n) is 9.16. The molecule has 0 bridgehead atoms. The van der Waals surface area contributed by atoms with Crippen molar-refractivity contribution in [2.75, 3.05) is 17.2 Å². The van der Waals surface area contributed by atoms with Crippen LogP contribution in [0.4, 0.5) is 11.5 Å². The number of carbonyl (C=O) groups is 1. The van der Waals surface area contributed by atoms with Crippen LogP contribution in [-0.4, -0.2) is 22.0 Å². The number of hydrogen-bond acceptors (Lipinski definition) is 4. The van der Waals surface area contributed by atoms with Crippen molar-refractivity contribution < 1.29 is 4.79 Å². The Morgan fingerprint density at radius 3 is 1.86 bits per heavy atom. The maximum Gasteiger partial charge on any atom is 0.330 e. The van der Waals surface area contributed by atoms with Crippen molar-refractivity contribution in [1.82, 2.24) is 9.55 Å². The van der Waals surface area contributed by atoms with Crippen LogP contribution in [0.25, 0.3) is 0 Å². The summed E-state index contributed by atoms with van der Waals surface area (Å²) in [7, 11) is 0. The average molecular weight is 483 g/mol. The Hall–Kier alpha value is -4.39. The molecule has 7 nitrogen and oxygen atoms in total. The molecule has 0 radical (unpaired) electrons. The van der Waals surface area contributed by atoms with Gasteiger partial charge in [-0.1, -0.05) is 105 Å². The molecule has 3 N–H and O–H groups in total. The zero-order valence-corrected chi connectivity index (χ0v) is 20.4. The number of carbonyl (C=O) groups excluding carboxylic acids is 1. The SMILES string of the molecule is CC(C)CN(C(=O)C(c1ccccc1)c1ccccc1)c1c(N)n(Cc2ccccc2)c(=O)[nH]c1=O. The zero-order valence-electron chi connectivity index (χ0n) is 20.4. The number of nitrogens with two attached hydrogens (primary N) is 1. The highest BCUT2D eigenvalue weighted by Crippen LogP contribution is 2.30. The fraction of sp³-hybridized carbons (Fsp3) is 0.207. The molecule has 0 saturated carbocycles. The summed E-state index contributed by atoms with van der Waals surface area (Å²) in [5.74, 6) is -0.946. The molecule has 0 spiro atoms. The van der Waals surface area contributed by atoms with E-state index >= 15 is 0 Å². The Labute approximate surface area is 209 Å². The third kappa shape index (κ3) is 5.30. The smallest absolute Gasteiger partial charge is 0.330 e. The second-order valence-corrected chi connectivity index (χ2v) is 9.16. The quantitative estimate of drug-likeness (QED) is 0.397. The molecule has 3 aromatic carbocycles. The first kappa shape index (κ1) is 24.7. The number of anilines is 2. The topological polar surface area (TPSA) is 101 Å². The minimum atomic E-state index is -0.685. The molecule has 36 heavy (non-hydrogen) atoms. The molecule has 0 aliphatic heterocycles. The number of rotatable bonds is 8. The van der Waals surface area contributed by atoms with Crippen LogP contribution in [-0.2, 0) is 11.3 Å². The molecule has 0 aliphatic rings. The van der Waals surface area contributed by atoms with E-state index in [1.807, 2.05) is 105 Å². The molecule has 4 aromatic rings. The summed E-state index contributed by atoms with van der Waals surface area (Å²) in [6, 6.07) is 28.2. The van der Waals surface area contributed by atoms with E-state index in [-0.39, 0.29) is 36.4 Å². The molecular formula is C29H30N4O3. The van der Waals surface area contributed by atoms with Crippen LogP contribution in [0.1, 0.15) is 36.5 Å². The molecule has 7 heteroatoms. The Bertz CT molecular complexity index is 1390. The largest absolute Gasteiger partial charge is 0.383 e. The lowest BCUT2D eigenvalue weighted by Gasteiger charge is -2.30. The number of nitrogen functional groups attached to an aromatic ring is 1. The van der Waals surface area contributed by atoms with Gasteiger partial charge in [0, 0.05) is 6.54 Å².